The van der Waals surface area contributed by atoms with E-state index in [4.69, 9.17) is 4.52 Å². The Morgan fingerprint density at radius 3 is 2.15 bits per heavy atom. The number of rotatable bonds is 7. The van der Waals surface area contributed by atoms with Gasteiger partial charge < -0.3 is 19.3 Å². The zero-order valence-corrected chi connectivity index (χ0v) is 16.3. The van der Waals surface area contributed by atoms with Crippen molar-refractivity contribution < 1.29 is 28.4 Å². The van der Waals surface area contributed by atoms with Crippen LogP contribution >= 0.6 is 11.8 Å². The predicted molar refractivity (Wildman–Crippen MR) is 99.9 cm³/mol. The van der Waals surface area contributed by atoms with Crippen LogP contribution < -0.4 is 5.32 Å². The van der Waals surface area contributed by atoms with Gasteiger partial charge in [-0.3, -0.25) is 4.79 Å². The van der Waals surface area contributed by atoms with E-state index in [1.807, 2.05) is 13.8 Å². The number of nitrogens with one attached hydrogen (secondary N) is 1. The third-order valence-corrected chi connectivity index (χ3v) is 4.68. The highest BCUT2D eigenvalue weighted by Gasteiger charge is 2.15. The number of esters is 2. The monoisotopic (exact) mass is 392 g/mol. The Balaban J connectivity index is 2.05. The number of hydrogen-bond donors (Lipinski definition) is 1. The van der Waals surface area contributed by atoms with E-state index in [-0.39, 0.29) is 22.8 Å². The average Bonchev–Trinajstić information content (AvgIpc) is 2.98. The van der Waals surface area contributed by atoms with Crippen LogP contribution in [0.1, 0.15) is 37.7 Å². The molecule has 0 spiro atoms. The Hall–Kier alpha value is -2.81. The standard InChI is InChI=1S/C18H20N2O6S/c1-10-15(11(2)26-20-10)8-27-9-16(21)19-14-6-12(17(22)24-3)5-13(7-14)18(23)25-4/h5-7H,8-9H2,1-4H3,(H,19,21). The van der Waals surface area contributed by atoms with Crippen molar-refractivity contribution in [2.24, 2.45) is 0 Å². The summed E-state index contributed by atoms with van der Waals surface area (Å²) >= 11 is 1.40. The van der Waals surface area contributed by atoms with E-state index in [9.17, 15) is 14.4 Å². The number of carbonyl (C=O) groups is 3. The molecule has 0 atom stereocenters. The van der Waals surface area contributed by atoms with Gasteiger partial charge >= 0.3 is 11.9 Å². The number of aromatic nitrogens is 1. The maximum atomic E-state index is 12.2. The molecule has 0 unspecified atom stereocenters. The summed E-state index contributed by atoms with van der Waals surface area (Å²) in [6.07, 6.45) is 0. The fourth-order valence-electron chi connectivity index (χ4n) is 2.32. The quantitative estimate of drug-likeness (QED) is 0.717. The molecule has 27 heavy (non-hydrogen) atoms. The smallest absolute Gasteiger partial charge is 0.337 e. The third kappa shape index (κ3) is 5.33. The van der Waals surface area contributed by atoms with E-state index in [2.05, 4.69) is 19.9 Å². The number of anilines is 1. The lowest BCUT2D eigenvalue weighted by Crippen LogP contribution is -2.16. The molecule has 9 heteroatoms. The minimum absolute atomic E-state index is 0.138. The Labute approximate surface area is 160 Å². The number of carbonyl (C=O) groups excluding carboxylic acids is 3. The highest BCUT2D eigenvalue weighted by atomic mass is 32.2. The molecule has 2 aromatic rings. The maximum absolute atomic E-state index is 12.2. The predicted octanol–water partition coefficient (Wildman–Crippen LogP) is 2.74. The molecule has 1 amide bonds. The van der Waals surface area contributed by atoms with Gasteiger partial charge in [-0.1, -0.05) is 5.16 Å². The van der Waals surface area contributed by atoms with Gasteiger partial charge in [0.1, 0.15) is 5.76 Å². The van der Waals surface area contributed by atoms with Crippen LogP contribution in [0.15, 0.2) is 22.7 Å². The zero-order valence-electron chi connectivity index (χ0n) is 15.5. The molecule has 144 valence electrons. The second-order valence-electron chi connectivity index (χ2n) is 5.63. The van der Waals surface area contributed by atoms with E-state index in [0.717, 1.165) is 17.0 Å². The van der Waals surface area contributed by atoms with Crippen molar-refractivity contribution in [1.29, 1.82) is 0 Å². The van der Waals surface area contributed by atoms with Crippen molar-refractivity contribution in [3.8, 4) is 0 Å². The summed E-state index contributed by atoms with van der Waals surface area (Å²) in [4.78, 5) is 35.8. The third-order valence-electron chi connectivity index (χ3n) is 3.72. The lowest BCUT2D eigenvalue weighted by Gasteiger charge is -2.09. The van der Waals surface area contributed by atoms with Crippen LogP contribution in [0.25, 0.3) is 0 Å². The fraction of sp³-hybridized carbons (Fsp3) is 0.333. The van der Waals surface area contributed by atoms with Crippen LogP contribution in [0.5, 0.6) is 0 Å². The normalized spacial score (nSPS) is 10.4. The maximum Gasteiger partial charge on any atom is 0.337 e. The van der Waals surface area contributed by atoms with Gasteiger partial charge in [-0.05, 0) is 32.0 Å². The molecule has 0 fully saturated rings. The lowest BCUT2D eigenvalue weighted by atomic mass is 10.1. The Morgan fingerprint density at radius 1 is 1.07 bits per heavy atom. The largest absolute Gasteiger partial charge is 0.465 e. The van der Waals surface area contributed by atoms with Gasteiger partial charge in [-0.25, -0.2) is 9.59 Å². The molecular weight excluding hydrogens is 372 g/mol. The van der Waals surface area contributed by atoms with Crippen molar-refractivity contribution in [1.82, 2.24) is 5.16 Å². The number of nitrogens with zero attached hydrogens (tertiary/aromatic N) is 1. The molecule has 0 aliphatic heterocycles. The molecule has 0 bridgehead atoms. The summed E-state index contributed by atoms with van der Waals surface area (Å²) in [5.41, 5.74) is 2.35. The molecule has 0 saturated carbocycles. The number of aryl methyl sites for hydroxylation is 2. The van der Waals surface area contributed by atoms with Crippen molar-refractivity contribution in [2.75, 3.05) is 25.3 Å². The van der Waals surface area contributed by atoms with E-state index < -0.39 is 11.9 Å². The lowest BCUT2D eigenvalue weighted by molar-refractivity contribution is -0.113. The van der Waals surface area contributed by atoms with Gasteiger partial charge in [-0.15, -0.1) is 11.8 Å². The van der Waals surface area contributed by atoms with Crippen molar-refractivity contribution >= 4 is 35.3 Å². The molecule has 1 N–H and O–H groups in total. The number of thioether (sulfide) groups is 1. The minimum Gasteiger partial charge on any atom is -0.465 e. The van der Waals surface area contributed by atoms with Gasteiger partial charge in [0.05, 0.1) is 36.8 Å². The molecule has 1 heterocycles. The SMILES string of the molecule is COC(=O)c1cc(NC(=O)CSCc2c(C)noc2C)cc(C(=O)OC)c1. The summed E-state index contributed by atoms with van der Waals surface area (Å²) in [5.74, 6) is -0.0175. The first kappa shape index (κ1) is 20.5. The van der Waals surface area contributed by atoms with Crippen LogP contribution in [0.2, 0.25) is 0 Å². The molecule has 0 aliphatic carbocycles. The Morgan fingerprint density at radius 2 is 1.67 bits per heavy atom. The summed E-state index contributed by atoms with van der Waals surface area (Å²) in [6.45, 7) is 3.67. The summed E-state index contributed by atoms with van der Waals surface area (Å²) in [7, 11) is 2.47. The first-order chi connectivity index (χ1) is 12.8. The highest BCUT2D eigenvalue weighted by molar-refractivity contribution is 7.99. The summed E-state index contributed by atoms with van der Waals surface area (Å²) in [6, 6.07) is 4.23. The average molecular weight is 392 g/mol. The first-order valence-electron chi connectivity index (χ1n) is 7.96. The van der Waals surface area contributed by atoms with Gasteiger partial charge in [-0.2, -0.15) is 0 Å². The number of benzene rings is 1. The van der Waals surface area contributed by atoms with Crippen molar-refractivity contribution in [2.45, 2.75) is 19.6 Å². The topological polar surface area (TPSA) is 108 Å². The Kier molecular flexibility index (Phi) is 7.00. The van der Waals surface area contributed by atoms with E-state index in [0.29, 0.717) is 11.4 Å². The number of methoxy groups -OCH3 is 2. The van der Waals surface area contributed by atoms with Gasteiger partial charge in [0.25, 0.3) is 0 Å². The Bertz CT molecular complexity index is 808. The van der Waals surface area contributed by atoms with Crippen LogP contribution in [-0.2, 0) is 20.0 Å². The van der Waals surface area contributed by atoms with Gasteiger partial charge in [0.15, 0.2) is 0 Å². The number of amides is 1. The second-order valence-corrected chi connectivity index (χ2v) is 6.61. The molecular formula is C18H20N2O6S. The van der Waals surface area contributed by atoms with Gasteiger partial charge in [0, 0.05) is 17.0 Å². The second kappa shape index (κ2) is 9.22. The molecule has 8 nitrogen and oxygen atoms in total. The first-order valence-corrected chi connectivity index (χ1v) is 9.12. The van der Waals surface area contributed by atoms with E-state index in [1.165, 1.54) is 44.2 Å². The fourth-order valence-corrected chi connectivity index (χ4v) is 3.30. The van der Waals surface area contributed by atoms with E-state index in [1.54, 1.807) is 0 Å². The molecule has 1 aromatic heterocycles. The number of hydrogen-bond acceptors (Lipinski definition) is 8. The highest BCUT2D eigenvalue weighted by Crippen LogP contribution is 2.21. The molecule has 0 aliphatic rings. The van der Waals surface area contributed by atoms with Crippen LogP contribution in [0.3, 0.4) is 0 Å². The zero-order chi connectivity index (χ0) is 20.0. The van der Waals surface area contributed by atoms with E-state index >= 15 is 0 Å². The van der Waals surface area contributed by atoms with Crippen LogP contribution in [0, 0.1) is 13.8 Å². The molecule has 0 saturated heterocycles. The van der Waals surface area contributed by atoms with Crippen molar-refractivity contribution in [3.05, 3.63) is 46.3 Å². The van der Waals surface area contributed by atoms with Gasteiger partial charge in [0.2, 0.25) is 5.91 Å². The molecule has 2 rings (SSSR count). The molecule has 0 radical (unpaired) electrons. The van der Waals surface area contributed by atoms with Crippen molar-refractivity contribution in [3.63, 3.8) is 0 Å². The summed E-state index contributed by atoms with van der Waals surface area (Å²) in [5, 5.41) is 6.55. The summed E-state index contributed by atoms with van der Waals surface area (Å²) < 4.78 is 14.4. The molecule has 1 aromatic carbocycles. The number of ether oxygens (including phenoxy) is 2. The minimum atomic E-state index is -0.621. The van der Waals surface area contributed by atoms with Crippen LogP contribution in [-0.4, -0.2) is 43.0 Å². The van der Waals surface area contributed by atoms with Crippen LogP contribution in [0.4, 0.5) is 5.69 Å².